The van der Waals surface area contributed by atoms with E-state index in [1.807, 2.05) is 26.8 Å². The van der Waals surface area contributed by atoms with Gasteiger partial charge in [-0.2, -0.15) is 4.98 Å². The van der Waals surface area contributed by atoms with Gasteiger partial charge in [-0.1, -0.05) is 12.1 Å². The SMILES string of the molecule is CC(C)(C)Oc1nc(NCc2cccc(F)c2)ccc1N. The van der Waals surface area contributed by atoms with E-state index >= 15 is 0 Å². The molecule has 0 aliphatic rings. The largest absolute Gasteiger partial charge is 0.470 e. The van der Waals surface area contributed by atoms with Crippen LogP contribution in [0.15, 0.2) is 36.4 Å². The average molecular weight is 289 g/mol. The molecule has 1 aromatic heterocycles. The van der Waals surface area contributed by atoms with Gasteiger partial charge in [0.25, 0.3) is 0 Å². The summed E-state index contributed by atoms with van der Waals surface area (Å²) in [6, 6.07) is 9.93. The first-order valence-corrected chi connectivity index (χ1v) is 6.77. The van der Waals surface area contributed by atoms with E-state index in [0.29, 0.717) is 23.9 Å². The molecule has 2 rings (SSSR count). The topological polar surface area (TPSA) is 60.2 Å². The lowest BCUT2D eigenvalue weighted by molar-refractivity contribution is 0.125. The molecule has 0 aliphatic heterocycles. The van der Waals surface area contributed by atoms with E-state index in [0.717, 1.165) is 5.56 Å². The molecule has 0 atom stereocenters. The maximum atomic E-state index is 13.1. The first kappa shape index (κ1) is 15.1. The highest BCUT2D eigenvalue weighted by molar-refractivity contribution is 5.53. The van der Waals surface area contributed by atoms with Crippen molar-refractivity contribution in [1.82, 2.24) is 4.98 Å². The number of pyridine rings is 1. The fourth-order valence-corrected chi connectivity index (χ4v) is 1.76. The minimum Gasteiger partial charge on any atom is -0.470 e. The van der Waals surface area contributed by atoms with Crippen LogP contribution < -0.4 is 15.8 Å². The summed E-state index contributed by atoms with van der Waals surface area (Å²) in [4.78, 5) is 4.34. The van der Waals surface area contributed by atoms with Gasteiger partial charge in [-0.25, -0.2) is 4.39 Å². The Labute approximate surface area is 124 Å². The van der Waals surface area contributed by atoms with Gasteiger partial charge in [-0.15, -0.1) is 0 Å². The summed E-state index contributed by atoms with van der Waals surface area (Å²) in [5, 5.41) is 3.13. The summed E-state index contributed by atoms with van der Waals surface area (Å²) in [5.41, 5.74) is 6.81. The molecule has 0 aliphatic carbocycles. The molecule has 0 unspecified atom stereocenters. The van der Waals surface area contributed by atoms with Crippen molar-refractivity contribution in [2.75, 3.05) is 11.1 Å². The zero-order valence-corrected chi connectivity index (χ0v) is 12.5. The van der Waals surface area contributed by atoms with Crippen molar-refractivity contribution in [3.63, 3.8) is 0 Å². The van der Waals surface area contributed by atoms with Gasteiger partial charge in [0.05, 0.1) is 5.69 Å². The number of benzene rings is 1. The first-order chi connectivity index (χ1) is 9.83. The van der Waals surface area contributed by atoms with Crippen LogP contribution >= 0.6 is 0 Å². The van der Waals surface area contributed by atoms with Gasteiger partial charge < -0.3 is 15.8 Å². The molecule has 4 nitrogen and oxygen atoms in total. The molecule has 2 aromatic rings. The van der Waals surface area contributed by atoms with Crippen molar-refractivity contribution >= 4 is 11.5 Å². The van der Waals surface area contributed by atoms with E-state index in [1.54, 1.807) is 18.2 Å². The van der Waals surface area contributed by atoms with Crippen LogP contribution in [0.2, 0.25) is 0 Å². The summed E-state index contributed by atoms with van der Waals surface area (Å²) in [5.74, 6) is 0.774. The van der Waals surface area contributed by atoms with Crippen LogP contribution in [0.3, 0.4) is 0 Å². The van der Waals surface area contributed by atoms with Gasteiger partial charge >= 0.3 is 0 Å². The van der Waals surface area contributed by atoms with Crippen LogP contribution in [-0.2, 0) is 6.54 Å². The number of halogens is 1. The molecular weight excluding hydrogens is 269 g/mol. The van der Waals surface area contributed by atoms with Gasteiger partial charge in [-0.05, 0) is 50.6 Å². The second kappa shape index (κ2) is 5.99. The summed E-state index contributed by atoms with van der Waals surface area (Å²) in [7, 11) is 0. The third kappa shape index (κ3) is 4.63. The van der Waals surface area contributed by atoms with Crippen molar-refractivity contribution in [2.45, 2.75) is 32.9 Å². The molecular formula is C16H20FN3O. The minimum absolute atomic E-state index is 0.253. The number of anilines is 2. The van der Waals surface area contributed by atoms with E-state index in [9.17, 15) is 4.39 Å². The summed E-state index contributed by atoms with van der Waals surface area (Å²) >= 11 is 0. The molecule has 0 saturated heterocycles. The highest BCUT2D eigenvalue weighted by Gasteiger charge is 2.15. The summed E-state index contributed by atoms with van der Waals surface area (Å²) in [6.45, 7) is 6.27. The zero-order valence-electron chi connectivity index (χ0n) is 12.5. The number of nitrogen functional groups attached to an aromatic ring is 1. The number of ether oxygens (including phenoxy) is 1. The van der Waals surface area contributed by atoms with Crippen molar-refractivity contribution in [2.24, 2.45) is 0 Å². The van der Waals surface area contributed by atoms with Gasteiger partial charge in [0.1, 0.15) is 17.2 Å². The Morgan fingerprint density at radius 1 is 1.24 bits per heavy atom. The second-order valence-corrected chi connectivity index (χ2v) is 5.79. The normalized spacial score (nSPS) is 11.2. The van der Waals surface area contributed by atoms with E-state index in [2.05, 4.69) is 10.3 Å². The first-order valence-electron chi connectivity index (χ1n) is 6.77. The van der Waals surface area contributed by atoms with E-state index < -0.39 is 0 Å². The Morgan fingerprint density at radius 3 is 2.67 bits per heavy atom. The van der Waals surface area contributed by atoms with Crippen LogP contribution in [0.25, 0.3) is 0 Å². The molecule has 3 N–H and O–H groups in total. The molecule has 0 amide bonds. The molecule has 1 aromatic carbocycles. The van der Waals surface area contributed by atoms with Crippen molar-refractivity contribution in [1.29, 1.82) is 0 Å². The highest BCUT2D eigenvalue weighted by Crippen LogP contribution is 2.25. The van der Waals surface area contributed by atoms with Gasteiger partial charge in [0, 0.05) is 6.54 Å². The van der Waals surface area contributed by atoms with E-state index in [-0.39, 0.29) is 11.4 Å². The lowest BCUT2D eigenvalue weighted by atomic mass is 10.2. The fourth-order valence-electron chi connectivity index (χ4n) is 1.76. The van der Waals surface area contributed by atoms with Crippen LogP contribution in [0.4, 0.5) is 15.9 Å². The van der Waals surface area contributed by atoms with Crippen LogP contribution in [0.5, 0.6) is 5.88 Å². The maximum Gasteiger partial charge on any atom is 0.239 e. The lowest BCUT2D eigenvalue weighted by Crippen LogP contribution is -2.24. The maximum absolute atomic E-state index is 13.1. The third-order valence-corrected chi connectivity index (χ3v) is 2.66. The van der Waals surface area contributed by atoms with E-state index in [4.69, 9.17) is 10.5 Å². The van der Waals surface area contributed by atoms with Crippen molar-refractivity contribution in [3.05, 3.63) is 47.8 Å². The molecule has 0 radical (unpaired) electrons. The lowest BCUT2D eigenvalue weighted by Gasteiger charge is -2.21. The Balaban J connectivity index is 2.09. The van der Waals surface area contributed by atoms with Crippen LogP contribution in [0, 0.1) is 5.82 Å². The Bertz CT molecular complexity index is 623. The molecule has 0 spiro atoms. The molecule has 21 heavy (non-hydrogen) atoms. The second-order valence-electron chi connectivity index (χ2n) is 5.79. The standard InChI is InChI=1S/C16H20FN3O/c1-16(2,3)21-15-13(18)7-8-14(20-15)19-10-11-5-4-6-12(17)9-11/h4-9H,10,18H2,1-3H3,(H,19,20). The smallest absolute Gasteiger partial charge is 0.239 e. The van der Waals surface area contributed by atoms with Gasteiger partial charge in [0.2, 0.25) is 5.88 Å². The quantitative estimate of drug-likeness (QED) is 0.903. The number of nitrogens with zero attached hydrogens (tertiary/aromatic N) is 1. The van der Waals surface area contributed by atoms with Crippen LogP contribution in [0.1, 0.15) is 26.3 Å². The predicted octanol–water partition coefficient (Wildman–Crippen LogP) is 3.59. The Hall–Kier alpha value is -2.30. The molecule has 0 saturated carbocycles. The molecule has 0 bridgehead atoms. The summed E-state index contributed by atoms with van der Waals surface area (Å²) in [6.07, 6.45) is 0. The predicted molar refractivity (Wildman–Crippen MR) is 82.8 cm³/mol. The van der Waals surface area contributed by atoms with Gasteiger partial charge in [-0.3, -0.25) is 0 Å². The van der Waals surface area contributed by atoms with E-state index in [1.165, 1.54) is 12.1 Å². The number of nitrogens with two attached hydrogens (primary N) is 1. The number of hydrogen-bond donors (Lipinski definition) is 2. The summed E-state index contributed by atoms with van der Waals surface area (Å²) < 4.78 is 18.8. The monoisotopic (exact) mass is 289 g/mol. The van der Waals surface area contributed by atoms with Crippen molar-refractivity contribution < 1.29 is 9.13 Å². The molecule has 5 heteroatoms. The van der Waals surface area contributed by atoms with Crippen LogP contribution in [-0.4, -0.2) is 10.6 Å². The third-order valence-electron chi connectivity index (χ3n) is 2.66. The number of nitrogens with one attached hydrogen (secondary N) is 1. The average Bonchev–Trinajstić information content (AvgIpc) is 2.38. The number of aromatic nitrogens is 1. The number of rotatable bonds is 4. The molecule has 112 valence electrons. The fraction of sp³-hybridized carbons (Fsp3) is 0.312. The van der Waals surface area contributed by atoms with Crippen molar-refractivity contribution in [3.8, 4) is 5.88 Å². The molecule has 0 fully saturated rings. The zero-order chi connectivity index (χ0) is 15.5. The van der Waals surface area contributed by atoms with Gasteiger partial charge in [0.15, 0.2) is 0 Å². The Morgan fingerprint density at radius 2 is 2.00 bits per heavy atom. The Kier molecular flexibility index (Phi) is 4.31. The highest BCUT2D eigenvalue weighted by atomic mass is 19.1. The number of hydrogen-bond acceptors (Lipinski definition) is 4. The molecule has 1 heterocycles. The minimum atomic E-state index is -0.373.